The maximum absolute atomic E-state index is 12.0. The third-order valence-corrected chi connectivity index (χ3v) is 3.16. The third kappa shape index (κ3) is 2.10. The summed E-state index contributed by atoms with van der Waals surface area (Å²) in [4.78, 5) is 26.1. The largest absolute Gasteiger partial charge is 0.480 e. The van der Waals surface area contributed by atoms with Crippen molar-refractivity contribution >= 4 is 23.3 Å². The number of amides is 1. The molecule has 1 aromatic rings. The van der Waals surface area contributed by atoms with Crippen LogP contribution in [0.15, 0.2) is 18.2 Å². The van der Waals surface area contributed by atoms with Crippen LogP contribution in [-0.2, 0) is 9.59 Å². The van der Waals surface area contributed by atoms with Crippen LogP contribution in [0.1, 0.15) is 12.5 Å². The monoisotopic (exact) mass is 259 g/mol. The number of aliphatic carboxylic acids is 1. The number of benzene rings is 1. The summed E-state index contributed by atoms with van der Waals surface area (Å²) >= 11 is 0. The van der Waals surface area contributed by atoms with Crippen molar-refractivity contribution in [1.82, 2.24) is 0 Å². The van der Waals surface area contributed by atoms with Gasteiger partial charge in [-0.15, -0.1) is 0 Å². The van der Waals surface area contributed by atoms with Crippen LogP contribution in [0, 0.1) is 11.3 Å². The minimum absolute atomic E-state index is 0.0967. The highest BCUT2D eigenvalue weighted by atomic mass is 16.4. The Morgan fingerprint density at radius 2 is 2.16 bits per heavy atom. The summed E-state index contributed by atoms with van der Waals surface area (Å²) in [5.74, 6) is -1.33. The highest BCUT2D eigenvalue weighted by Crippen LogP contribution is 2.34. The first-order valence-electron chi connectivity index (χ1n) is 5.76. The Morgan fingerprint density at radius 3 is 2.74 bits per heavy atom. The van der Waals surface area contributed by atoms with E-state index in [0.717, 1.165) is 0 Å². The SMILES string of the molecule is CC(C(=O)O)N1C(=O)CN(C)c2cc(C#N)ccc21. The summed E-state index contributed by atoms with van der Waals surface area (Å²) < 4.78 is 0. The Bertz CT molecular complexity index is 591. The van der Waals surface area contributed by atoms with Crippen LogP contribution in [0.25, 0.3) is 0 Å². The Kier molecular flexibility index (Phi) is 3.13. The summed E-state index contributed by atoms with van der Waals surface area (Å²) in [5, 5.41) is 18.0. The smallest absolute Gasteiger partial charge is 0.326 e. The number of hydrogen-bond acceptors (Lipinski definition) is 4. The van der Waals surface area contributed by atoms with Gasteiger partial charge in [0.25, 0.3) is 0 Å². The molecule has 1 atom stereocenters. The van der Waals surface area contributed by atoms with Gasteiger partial charge in [-0.2, -0.15) is 5.26 Å². The van der Waals surface area contributed by atoms with Gasteiger partial charge in [-0.25, -0.2) is 4.79 Å². The van der Waals surface area contributed by atoms with E-state index in [9.17, 15) is 9.59 Å². The summed E-state index contributed by atoms with van der Waals surface area (Å²) in [6.45, 7) is 1.56. The number of nitriles is 1. The van der Waals surface area contributed by atoms with Crippen LogP contribution >= 0.6 is 0 Å². The fourth-order valence-electron chi connectivity index (χ4n) is 2.14. The number of carboxylic acids is 1. The first kappa shape index (κ1) is 12.9. The maximum Gasteiger partial charge on any atom is 0.326 e. The number of carbonyl (C=O) groups excluding carboxylic acids is 1. The second-order valence-electron chi connectivity index (χ2n) is 4.45. The van der Waals surface area contributed by atoms with E-state index in [1.807, 2.05) is 6.07 Å². The number of rotatable bonds is 2. The zero-order valence-electron chi connectivity index (χ0n) is 10.6. The van der Waals surface area contributed by atoms with Gasteiger partial charge in [0.05, 0.1) is 29.6 Å². The molecule has 1 amide bonds. The van der Waals surface area contributed by atoms with Crippen molar-refractivity contribution < 1.29 is 14.7 Å². The normalized spacial score (nSPS) is 15.7. The fraction of sp³-hybridized carbons (Fsp3) is 0.308. The number of carboxylic acid groups (broad SMARTS) is 1. The molecular weight excluding hydrogens is 246 g/mol. The summed E-state index contributed by atoms with van der Waals surface area (Å²) in [5.41, 5.74) is 1.68. The molecule has 6 heteroatoms. The van der Waals surface area contributed by atoms with Gasteiger partial charge in [0.15, 0.2) is 0 Å². The van der Waals surface area contributed by atoms with Crippen molar-refractivity contribution in [2.24, 2.45) is 0 Å². The molecule has 19 heavy (non-hydrogen) atoms. The van der Waals surface area contributed by atoms with E-state index in [0.29, 0.717) is 16.9 Å². The molecule has 0 spiro atoms. The Balaban J connectivity index is 2.55. The summed E-state index contributed by atoms with van der Waals surface area (Å²) in [6, 6.07) is 5.94. The van der Waals surface area contributed by atoms with Gasteiger partial charge >= 0.3 is 5.97 Å². The van der Waals surface area contributed by atoms with Crippen LogP contribution in [0.2, 0.25) is 0 Å². The lowest BCUT2D eigenvalue weighted by molar-refractivity contribution is -0.139. The summed E-state index contributed by atoms with van der Waals surface area (Å²) in [7, 11) is 1.74. The van der Waals surface area contributed by atoms with Gasteiger partial charge in [-0.1, -0.05) is 0 Å². The van der Waals surface area contributed by atoms with Crippen LogP contribution in [0.3, 0.4) is 0 Å². The first-order chi connectivity index (χ1) is 8.95. The van der Waals surface area contributed by atoms with Gasteiger partial charge in [0.2, 0.25) is 5.91 Å². The fourth-order valence-corrected chi connectivity index (χ4v) is 2.14. The van der Waals surface area contributed by atoms with Crippen molar-refractivity contribution in [2.75, 3.05) is 23.4 Å². The van der Waals surface area contributed by atoms with E-state index in [1.54, 1.807) is 30.1 Å². The van der Waals surface area contributed by atoms with Gasteiger partial charge < -0.3 is 10.0 Å². The molecule has 1 unspecified atom stereocenters. The molecule has 0 aliphatic carbocycles. The minimum atomic E-state index is -1.06. The predicted molar refractivity (Wildman–Crippen MR) is 69.0 cm³/mol. The lowest BCUT2D eigenvalue weighted by Gasteiger charge is -2.37. The molecule has 0 aromatic heterocycles. The second kappa shape index (κ2) is 4.61. The van der Waals surface area contributed by atoms with Gasteiger partial charge in [-0.3, -0.25) is 9.69 Å². The number of likely N-dealkylation sites (N-methyl/N-ethyl adjacent to an activating group) is 1. The minimum Gasteiger partial charge on any atom is -0.480 e. The maximum atomic E-state index is 12.0. The van der Waals surface area contributed by atoms with E-state index >= 15 is 0 Å². The molecule has 1 aromatic carbocycles. The number of fused-ring (bicyclic) bond motifs is 1. The van der Waals surface area contributed by atoms with Crippen molar-refractivity contribution in [3.05, 3.63) is 23.8 Å². The zero-order valence-corrected chi connectivity index (χ0v) is 10.6. The summed E-state index contributed by atoms with van der Waals surface area (Å²) in [6.07, 6.45) is 0. The molecule has 1 aliphatic heterocycles. The molecule has 6 nitrogen and oxygen atoms in total. The van der Waals surface area contributed by atoms with Gasteiger partial charge in [0.1, 0.15) is 6.04 Å². The number of hydrogen-bond donors (Lipinski definition) is 1. The molecule has 1 heterocycles. The highest BCUT2D eigenvalue weighted by Gasteiger charge is 2.33. The average molecular weight is 259 g/mol. The van der Waals surface area contributed by atoms with E-state index in [2.05, 4.69) is 0 Å². The van der Waals surface area contributed by atoms with Crippen molar-refractivity contribution in [2.45, 2.75) is 13.0 Å². The lowest BCUT2D eigenvalue weighted by Crippen LogP contribution is -2.51. The van der Waals surface area contributed by atoms with E-state index in [4.69, 9.17) is 10.4 Å². The first-order valence-corrected chi connectivity index (χ1v) is 5.76. The third-order valence-electron chi connectivity index (χ3n) is 3.16. The molecule has 2 rings (SSSR count). The van der Waals surface area contributed by atoms with E-state index in [-0.39, 0.29) is 12.5 Å². The van der Waals surface area contributed by atoms with Crippen molar-refractivity contribution in [1.29, 1.82) is 5.26 Å². The molecule has 0 saturated heterocycles. The molecule has 0 radical (unpaired) electrons. The molecule has 0 saturated carbocycles. The van der Waals surface area contributed by atoms with Gasteiger partial charge in [-0.05, 0) is 25.1 Å². The van der Waals surface area contributed by atoms with Crippen molar-refractivity contribution in [3.63, 3.8) is 0 Å². The van der Waals surface area contributed by atoms with E-state index in [1.165, 1.54) is 11.8 Å². The van der Waals surface area contributed by atoms with E-state index < -0.39 is 12.0 Å². The molecular formula is C13H13N3O3. The second-order valence-corrected chi connectivity index (χ2v) is 4.45. The number of carbonyl (C=O) groups is 2. The standard InChI is InChI=1S/C13H13N3O3/c1-8(13(18)19)16-10-4-3-9(6-14)5-11(10)15(2)7-12(16)17/h3-5,8H,7H2,1-2H3,(H,18,19). The molecule has 98 valence electrons. The highest BCUT2D eigenvalue weighted by molar-refractivity contribution is 6.06. The number of anilines is 2. The topological polar surface area (TPSA) is 84.6 Å². The number of nitrogens with zero attached hydrogens (tertiary/aromatic N) is 3. The van der Waals surface area contributed by atoms with Crippen LogP contribution in [0.5, 0.6) is 0 Å². The quantitative estimate of drug-likeness (QED) is 0.849. The molecule has 1 aliphatic rings. The molecule has 0 fully saturated rings. The zero-order chi connectivity index (χ0) is 14.2. The Hall–Kier alpha value is -2.55. The average Bonchev–Trinajstić information content (AvgIpc) is 2.38. The van der Waals surface area contributed by atoms with Gasteiger partial charge in [0, 0.05) is 7.05 Å². The van der Waals surface area contributed by atoms with Crippen LogP contribution < -0.4 is 9.80 Å². The van der Waals surface area contributed by atoms with Crippen LogP contribution in [0.4, 0.5) is 11.4 Å². The van der Waals surface area contributed by atoms with Crippen molar-refractivity contribution in [3.8, 4) is 6.07 Å². The lowest BCUT2D eigenvalue weighted by atomic mass is 10.1. The molecule has 1 N–H and O–H groups in total. The Morgan fingerprint density at radius 1 is 1.47 bits per heavy atom. The Labute approximate surface area is 110 Å². The van der Waals surface area contributed by atoms with Crippen LogP contribution in [-0.4, -0.2) is 36.6 Å². The molecule has 0 bridgehead atoms. The predicted octanol–water partition coefficient (Wildman–Crippen LogP) is 0.814.